The van der Waals surface area contributed by atoms with Gasteiger partial charge in [0.25, 0.3) is 5.91 Å². The van der Waals surface area contributed by atoms with Crippen molar-refractivity contribution in [2.24, 2.45) is 0 Å². The lowest BCUT2D eigenvalue weighted by atomic mass is 9.98. The first-order valence-electron chi connectivity index (χ1n) is 6.77. The third kappa shape index (κ3) is 3.26. The lowest BCUT2D eigenvalue weighted by Crippen LogP contribution is -2.33. The Balaban J connectivity index is 2.15. The minimum Gasteiger partial charge on any atom is -0.399 e. The number of anilines is 1. The second kappa shape index (κ2) is 5.21. The summed E-state index contributed by atoms with van der Waals surface area (Å²) in [6.07, 6.45) is 2.22. The number of benzene rings is 1. The Morgan fingerprint density at radius 2 is 2.11 bits per heavy atom. The van der Waals surface area contributed by atoms with Crippen molar-refractivity contribution >= 4 is 11.6 Å². The third-order valence-corrected chi connectivity index (χ3v) is 3.83. The number of carbonyl (C=O) groups is 1. The van der Waals surface area contributed by atoms with Crippen LogP contribution in [-0.4, -0.2) is 34.6 Å². The van der Waals surface area contributed by atoms with Gasteiger partial charge in [0.05, 0.1) is 5.60 Å². The molecule has 1 unspecified atom stereocenters. The van der Waals surface area contributed by atoms with E-state index in [0.29, 0.717) is 30.8 Å². The van der Waals surface area contributed by atoms with Gasteiger partial charge in [-0.25, -0.2) is 0 Å². The molecule has 1 aromatic rings. The molecule has 1 fully saturated rings. The molecular formula is C15H22N2O2. The first-order valence-corrected chi connectivity index (χ1v) is 6.77. The van der Waals surface area contributed by atoms with E-state index in [4.69, 9.17) is 5.73 Å². The number of aryl methyl sites for hydroxylation is 1. The van der Waals surface area contributed by atoms with Gasteiger partial charge in [-0.15, -0.1) is 0 Å². The summed E-state index contributed by atoms with van der Waals surface area (Å²) in [5.74, 6) is 0.0372. The van der Waals surface area contributed by atoms with E-state index in [0.717, 1.165) is 18.4 Å². The van der Waals surface area contributed by atoms with Crippen molar-refractivity contribution in [3.63, 3.8) is 0 Å². The summed E-state index contributed by atoms with van der Waals surface area (Å²) in [5, 5.41) is 10.1. The molecule has 0 bridgehead atoms. The van der Waals surface area contributed by atoms with Crippen LogP contribution < -0.4 is 5.73 Å². The van der Waals surface area contributed by atoms with E-state index >= 15 is 0 Å². The van der Waals surface area contributed by atoms with Crippen LogP contribution >= 0.6 is 0 Å². The predicted molar refractivity (Wildman–Crippen MR) is 76.0 cm³/mol. The van der Waals surface area contributed by atoms with Gasteiger partial charge in [-0.1, -0.05) is 0 Å². The molecule has 3 N–H and O–H groups in total. The quantitative estimate of drug-likeness (QED) is 0.760. The molecule has 0 saturated carbocycles. The minimum absolute atomic E-state index is 0.0372. The molecule has 0 aromatic heterocycles. The maximum absolute atomic E-state index is 12.5. The molecule has 1 aromatic carbocycles. The van der Waals surface area contributed by atoms with Gasteiger partial charge in [-0.3, -0.25) is 4.79 Å². The minimum atomic E-state index is -0.648. The maximum atomic E-state index is 12.5. The van der Waals surface area contributed by atoms with E-state index in [1.165, 1.54) is 0 Å². The number of aliphatic hydroxyl groups is 1. The maximum Gasteiger partial charge on any atom is 0.254 e. The van der Waals surface area contributed by atoms with Crippen LogP contribution in [0.4, 0.5) is 5.69 Å². The van der Waals surface area contributed by atoms with Crippen LogP contribution in [0, 0.1) is 6.92 Å². The number of nitrogens with zero attached hydrogens (tertiary/aromatic N) is 1. The average Bonchev–Trinajstić information content (AvgIpc) is 2.49. The molecular weight excluding hydrogens is 240 g/mol. The highest BCUT2D eigenvalue weighted by molar-refractivity contribution is 5.96. The van der Waals surface area contributed by atoms with Gasteiger partial charge in [0.2, 0.25) is 0 Å². The Hall–Kier alpha value is -1.55. The molecule has 1 aliphatic rings. The van der Waals surface area contributed by atoms with E-state index in [-0.39, 0.29) is 5.91 Å². The molecule has 0 radical (unpaired) electrons. The number of amides is 1. The number of nitrogens with two attached hydrogens (primary N) is 1. The second-order valence-corrected chi connectivity index (χ2v) is 5.72. The molecule has 2 rings (SSSR count). The van der Waals surface area contributed by atoms with Crippen LogP contribution in [0.2, 0.25) is 0 Å². The summed E-state index contributed by atoms with van der Waals surface area (Å²) >= 11 is 0. The van der Waals surface area contributed by atoms with Crippen molar-refractivity contribution in [1.82, 2.24) is 4.90 Å². The molecule has 1 heterocycles. The molecule has 0 aliphatic carbocycles. The molecule has 104 valence electrons. The molecule has 19 heavy (non-hydrogen) atoms. The van der Waals surface area contributed by atoms with Crippen LogP contribution in [0.1, 0.15) is 42.1 Å². The molecule has 4 nitrogen and oxygen atoms in total. The summed E-state index contributed by atoms with van der Waals surface area (Å²) in [6, 6.07) is 5.37. The highest BCUT2D eigenvalue weighted by atomic mass is 16.3. The second-order valence-electron chi connectivity index (χ2n) is 5.72. The first kappa shape index (κ1) is 13.9. The average molecular weight is 262 g/mol. The highest BCUT2D eigenvalue weighted by Gasteiger charge is 2.27. The van der Waals surface area contributed by atoms with Crippen molar-refractivity contribution in [2.75, 3.05) is 18.8 Å². The van der Waals surface area contributed by atoms with Crippen LogP contribution in [-0.2, 0) is 0 Å². The topological polar surface area (TPSA) is 66.6 Å². The van der Waals surface area contributed by atoms with Crippen molar-refractivity contribution in [3.05, 3.63) is 29.3 Å². The lowest BCUT2D eigenvalue weighted by molar-refractivity contribution is 0.0438. The summed E-state index contributed by atoms with van der Waals surface area (Å²) < 4.78 is 0. The third-order valence-electron chi connectivity index (χ3n) is 3.83. The largest absolute Gasteiger partial charge is 0.399 e. The van der Waals surface area contributed by atoms with E-state index in [9.17, 15) is 9.90 Å². The number of likely N-dealkylation sites (tertiary alicyclic amines) is 1. The van der Waals surface area contributed by atoms with Gasteiger partial charge < -0.3 is 15.7 Å². The van der Waals surface area contributed by atoms with Crippen LogP contribution in [0.25, 0.3) is 0 Å². The van der Waals surface area contributed by atoms with Crippen LogP contribution in [0.15, 0.2) is 18.2 Å². The Morgan fingerprint density at radius 3 is 2.79 bits per heavy atom. The molecule has 1 atom stereocenters. The number of rotatable bonds is 1. The standard InChI is InChI=1S/C15H22N2O2/c1-11-10-12(16)4-5-13(11)14(18)17-8-3-6-15(2,19)7-9-17/h4-5,10,19H,3,6-9,16H2,1-2H3. The van der Waals surface area contributed by atoms with Crippen molar-refractivity contribution in [2.45, 2.75) is 38.7 Å². The van der Waals surface area contributed by atoms with Crippen LogP contribution in [0.3, 0.4) is 0 Å². The number of hydrogen-bond donors (Lipinski definition) is 2. The Labute approximate surface area is 114 Å². The van der Waals surface area contributed by atoms with Crippen molar-refractivity contribution < 1.29 is 9.90 Å². The van der Waals surface area contributed by atoms with E-state index in [1.54, 1.807) is 12.1 Å². The van der Waals surface area contributed by atoms with E-state index in [2.05, 4.69) is 0 Å². The van der Waals surface area contributed by atoms with Gasteiger partial charge >= 0.3 is 0 Å². The summed E-state index contributed by atoms with van der Waals surface area (Å²) in [4.78, 5) is 14.3. The zero-order chi connectivity index (χ0) is 14.0. The normalized spacial score (nSPS) is 24.1. The monoisotopic (exact) mass is 262 g/mol. The molecule has 1 aliphatic heterocycles. The van der Waals surface area contributed by atoms with E-state index < -0.39 is 5.60 Å². The summed E-state index contributed by atoms with van der Waals surface area (Å²) in [7, 11) is 0. The molecule has 1 saturated heterocycles. The SMILES string of the molecule is Cc1cc(N)ccc1C(=O)N1CCCC(C)(O)CC1. The van der Waals surface area contributed by atoms with Gasteiger partial charge in [-0.2, -0.15) is 0 Å². The van der Waals surface area contributed by atoms with E-state index in [1.807, 2.05) is 24.8 Å². The fourth-order valence-electron chi connectivity index (χ4n) is 2.56. The van der Waals surface area contributed by atoms with Crippen LogP contribution in [0.5, 0.6) is 0 Å². The zero-order valence-electron chi connectivity index (χ0n) is 11.6. The van der Waals surface area contributed by atoms with Gasteiger partial charge in [0, 0.05) is 24.3 Å². The predicted octanol–water partition coefficient (Wildman–Crippen LogP) is 1.95. The number of carbonyl (C=O) groups excluding carboxylic acids is 1. The zero-order valence-corrected chi connectivity index (χ0v) is 11.6. The fraction of sp³-hybridized carbons (Fsp3) is 0.533. The smallest absolute Gasteiger partial charge is 0.254 e. The number of nitrogen functional groups attached to an aromatic ring is 1. The lowest BCUT2D eigenvalue weighted by Gasteiger charge is -2.23. The van der Waals surface area contributed by atoms with Gasteiger partial charge in [-0.05, 0) is 56.9 Å². The fourth-order valence-corrected chi connectivity index (χ4v) is 2.56. The van der Waals surface area contributed by atoms with Crippen molar-refractivity contribution in [1.29, 1.82) is 0 Å². The highest BCUT2D eigenvalue weighted by Crippen LogP contribution is 2.23. The van der Waals surface area contributed by atoms with Gasteiger partial charge in [0.15, 0.2) is 0 Å². The first-order chi connectivity index (χ1) is 8.89. The Morgan fingerprint density at radius 1 is 1.37 bits per heavy atom. The number of hydrogen-bond acceptors (Lipinski definition) is 3. The Bertz CT molecular complexity index is 483. The molecule has 1 amide bonds. The summed E-state index contributed by atoms with van der Waals surface area (Å²) in [5.41, 5.74) is 7.34. The Kier molecular flexibility index (Phi) is 3.80. The molecule has 4 heteroatoms. The van der Waals surface area contributed by atoms with Crippen molar-refractivity contribution in [3.8, 4) is 0 Å². The summed E-state index contributed by atoms with van der Waals surface area (Å²) in [6.45, 7) is 5.06. The molecule has 0 spiro atoms. The van der Waals surface area contributed by atoms with Gasteiger partial charge in [0.1, 0.15) is 0 Å².